The van der Waals surface area contributed by atoms with Gasteiger partial charge in [0, 0.05) is 12.6 Å². The van der Waals surface area contributed by atoms with Crippen LogP contribution in [0.1, 0.15) is 39.5 Å². The lowest BCUT2D eigenvalue weighted by molar-refractivity contribution is -0.125. The second-order valence-electron chi connectivity index (χ2n) is 5.69. The first-order valence-electron chi connectivity index (χ1n) is 7.33. The minimum absolute atomic E-state index is 0.0590. The molecule has 2 saturated heterocycles. The molecule has 0 saturated carbocycles. The highest BCUT2D eigenvalue weighted by molar-refractivity contribution is 5.79. The number of amides is 1. The van der Waals surface area contributed by atoms with Crippen LogP contribution in [0.5, 0.6) is 0 Å². The number of hydrogen-bond acceptors (Lipinski definition) is 3. The van der Waals surface area contributed by atoms with Gasteiger partial charge in [-0.2, -0.15) is 0 Å². The Morgan fingerprint density at radius 2 is 2.33 bits per heavy atom. The monoisotopic (exact) mass is 254 g/mol. The lowest BCUT2D eigenvalue weighted by atomic mass is 9.88. The average Bonchev–Trinajstić information content (AvgIpc) is 2.83. The van der Waals surface area contributed by atoms with Gasteiger partial charge in [0.2, 0.25) is 5.91 Å². The third-order valence-electron chi connectivity index (χ3n) is 4.32. The van der Waals surface area contributed by atoms with E-state index in [9.17, 15) is 4.79 Å². The number of carbonyl (C=O) groups excluding carboxylic acids is 1. The first-order chi connectivity index (χ1) is 8.70. The molecule has 0 aromatic heterocycles. The van der Waals surface area contributed by atoms with Crippen molar-refractivity contribution in [3.05, 3.63) is 0 Å². The molecular weight excluding hydrogens is 228 g/mol. The van der Waals surface area contributed by atoms with E-state index < -0.39 is 0 Å². The molecule has 4 atom stereocenters. The van der Waals surface area contributed by atoms with Crippen molar-refractivity contribution in [1.82, 2.24) is 10.6 Å². The summed E-state index contributed by atoms with van der Waals surface area (Å²) in [6.45, 7) is 6.70. The second kappa shape index (κ2) is 6.53. The standard InChI is InChI=1S/C14H26N2O2/c1-3-11-5-4-6-15-13(11)8-16-14(17)12-7-10(2)18-9-12/h10-13,15H,3-9H2,1-2H3,(H,16,17). The van der Waals surface area contributed by atoms with Crippen LogP contribution in [0, 0.1) is 11.8 Å². The number of carbonyl (C=O) groups is 1. The number of rotatable bonds is 4. The van der Waals surface area contributed by atoms with E-state index in [0.29, 0.717) is 18.6 Å². The van der Waals surface area contributed by atoms with Crippen molar-refractivity contribution >= 4 is 5.91 Å². The number of ether oxygens (including phenoxy) is 1. The van der Waals surface area contributed by atoms with Gasteiger partial charge >= 0.3 is 0 Å². The van der Waals surface area contributed by atoms with Gasteiger partial charge in [0.25, 0.3) is 0 Å². The summed E-state index contributed by atoms with van der Waals surface area (Å²) in [7, 11) is 0. The van der Waals surface area contributed by atoms with Crippen molar-refractivity contribution in [2.24, 2.45) is 11.8 Å². The second-order valence-corrected chi connectivity index (χ2v) is 5.69. The van der Waals surface area contributed by atoms with Crippen molar-refractivity contribution in [2.75, 3.05) is 19.7 Å². The third-order valence-corrected chi connectivity index (χ3v) is 4.32. The van der Waals surface area contributed by atoms with Crippen molar-refractivity contribution in [2.45, 2.75) is 51.7 Å². The highest BCUT2D eigenvalue weighted by Gasteiger charge is 2.29. The fraction of sp³-hybridized carbons (Fsp3) is 0.929. The molecule has 0 bridgehead atoms. The van der Waals surface area contributed by atoms with E-state index >= 15 is 0 Å². The summed E-state index contributed by atoms with van der Waals surface area (Å²) >= 11 is 0. The Hall–Kier alpha value is -0.610. The van der Waals surface area contributed by atoms with Crippen molar-refractivity contribution in [1.29, 1.82) is 0 Å². The van der Waals surface area contributed by atoms with E-state index in [2.05, 4.69) is 17.6 Å². The molecule has 4 heteroatoms. The van der Waals surface area contributed by atoms with Crippen LogP contribution < -0.4 is 10.6 Å². The Morgan fingerprint density at radius 1 is 1.50 bits per heavy atom. The summed E-state index contributed by atoms with van der Waals surface area (Å²) in [6.07, 6.45) is 4.83. The summed E-state index contributed by atoms with van der Waals surface area (Å²) in [4.78, 5) is 12.0. The Labute approximate surface area is 110 Å². The van der Waals surface area contributed by atoms with Crippen LogP contribution in [0.4, 0.5) is 0 Å². The van der Waals surface area contributed by atoms with Crippen LogP contribution in [-0.4, -0.2) is 37.7 Å². The molecule has 0 aromatic rings. The van der Waals surface area contributed by atoms with E-state index in [4.69, 9.17) is 4.74 Å². The Balaban J connectivity index is 1.74. The quantitative estimate of drug-likeness (QED) is 0.795. The highest BCUT2D eigenvalue weighted by atomic mass is 16.5. The highest BCUT2D eigenvalue weighted by Crippen LogP contribution is 2.21. The molecule has 2 heterocycles. The first kappa shape index (κ1) is 13.8. The zero-order valence-electron chi connectivity index (χ0n) is 11.6. The SMILES string of the molecule is CCC1CCCNC1CNC(=O)C1COC(C)C1. The molecule has 0 spiro atoms. The Bertz CT molecular complexity index is 283. The fourth-order valence-corrected chi connectivity index (χ4v) is 3.10. The van der Waals surface area contributed by atoms with Crippen LogP contribution in [0.3, 0.4) is 0 Å². The van der Waals surface area contributed by atoms with Gasteiger partial charge < -0.3 is 15.4 Å². The molecule has 0 aliphatic carbocycles. The average molecular weight is 254 g/mol. The molecule has 2 fully saturated rings. The zero-order chi connectivity index (χ0) is 13.0. The minimum Gasteiger partial charge on any atom is -0.378 e. The molecule has 0 radical (unpaired) electrons. The maximum absolute atomic E-state index is 12.0. The maximum Gasteiger partial charge on any atom is 0.225 e. The van der Waals surface area contributed by atoms with Gasteiger partial charge in [-0.3, -0.25) is 4.79 Å². The zero-order valence-corrected chi connectivity index (χ0v) is 11.6. The minimum atomic E-state index is 0.0590. The van der Waals surface area contributed by atoms with E-state index in [-0.39, 0.29) is 17.9 Å². The molecule has 104 valence electrons. The molecule has 1 amide bonds. The van der Waals surface area contributed by atoms with Gasteiger partial charge in [-0.05, 0) is 38.6 Å². The van der Waals surface area contributed by atoms with E-state index in [1.54, 1.807) is 0 Å². The van der Waals surface area contributed by atoms with Gasteiger partial charge in [-0.1, -0.05) is 13.3 Å². The van der Waals surface area contributed by atoms with Gasteiger partial charge in [0.05, 0.1) is 18.6 Å². The summed E-state index contributed by atoms with van der Waals surface area (Å²) in [6, 6.07) is 0.451. The van der Waals surface area contributed by atoms with E-state index in [0.717, 1.165) is 19.5 Å². The summed E-state index contributed by atoms with van der Waals surface area (Å²) in [5.74, 6) is 0.933. The molecule has 0 aromatic carbocycles. The lowest BCUT2D eigenvalue weighted by Gasteiger charge is -2.32. The van der Waals surface area contributed by atoms with Crippen molar-refractivity contribution < 1.29 is 9.53 Å². The summed E-state index contributed by atoms with van der Waals surface area (Å²) < 4.78 is 5.44. The van der Waals surface area contributed by atoms with Crippen LogP contribution >= 0.6 is 0 Å². The molecule has 2 rings (SSSR count). The van der Waals surface area contributed by atoms with Crippen LogP contribution in [0.25, 0.3) is 0 Å². The largest absolute Gasteiger partial charge is 0.378 e. The first-order valence-corrected chi connectivity index (χ1v) is 7.33. The smallest absolute Gasteiger partial charge is 0.225 e. The fourth-order valence-electron chi connectivity index (χ4n) is 3.10. The molecule has 2 aliphatic rings. The normalized spacial score (nSPS) is 36.6. The molecule has 4 nitrogen and oxygen atoms in total. The molecular formula is C14H26N2O2. The number of hydrogen-bond donors (Lipinski definition) is 2. The van der Waals surface area contributed by atoms with Crippen molar-refractivity contribution in [3.8, 4) is 0 Å². The third kappa shape index (κ3) is 3.45. The Kier molecular flexibility index (Phi) is 5.01. The molecule has 2 N–H and O–H groups in total. The van der Waals surface area contributed by atoms with Crippen molar-refractivity contribution in [3.63, 3.8) is 0 Å². The predicted molar refractivity (Wildman–Crippen MR) is 71.3 cm³/mol. The van der Waals surface area contributed by atoms with Gasteiger partial charge in [-0.25, -0.2) is 0 Å². The Morgan fingerprint density at radius 3 is 3.00 bits per heavy atom. The molecule has 18 heavy (non-hydrogen) atoms. The van der Waals surface area contributed by atoms with Gasteiger partial charge in [-0.15, -0.1) is 0 Å². The van der Waals surface area contributed by atoms with Crippen LogP contribution in [0.15, 0.2) is 0 Å². The summed E-state index contributed by atoms with van der Waals surface area (Å²) in [5.41, 5.74) is 0. The number of nitrogens with one attached hydrogen (secondary N) is 2. The van der Waals surface area contributed by atoms with Gasteiger partial charge in [0.15, 0.2) is 0 Å². The summed E-state index contributed by atoms with van der Waals surface area (Å²) in [5, 5.41) is 6.63. The number of piperidine rings is 1. The predicted octanol–water partition coefficient (Wildman–Crippen LogP) is 1.31. The van der Waals surface area contributed by atoms with E-state index in [1.165, 1.54) is 19.3 Å². The molecule has 2 aliphatic heterocycles. The van der Waals surface area contributed by atoms with Crippen LogP contribution in [-0.2, 0) is 9.53 Å². The van der Waals surface area contributed by atoms with Crippen LogP contribution in [0.2, 0.25) is 0 Å². The van der Waals surface area contributed by atoms with E-state index in [1.807, 2.05) is 6.92 Å². The topological polar surface area (TPSA) is 50.4 Å². The molecule has 4 unspecified atom stereocenters. The maximum atomic E-state index is 12.0. The van der Waals surface area contributed by atoms with Gasteiger partial charge in [0.1, 0.15) is 0 Å². The lowest BCUT2D eigenvalue weighted by Crippen LogP contribution is -2.49.